The monoisotopic (exact) mass is 396 g/mol. The standard InChI is InChI=1S/C22H28N4O3/c1-5-23-20(28)15-9-11-17(12-10-15)24-14-19(27)25-18-8-6-7-16(13-18)21(29)26-22(2,3)4/h6-13,24H,5,14H2,1-4H3,(H,23,28)(H,25,27)(H,26,29). The molecule has 7 nitrogen and oxygen atoms in total. The van der Waals surface area contributed by atoms with Gasteiger partial charge in [0.1, 0.15) is 0 Å². The van der Waals surface area contributed by atoms with E-state index < -0.39 is 0 Å². The third-order valence-corrected chi connectivity index (χ3v) is 3.83. The van der Waals surface area contributed by atoms with Gasteiger partial charge >= 0.3 is 0 Å². The van der Waals surface area contributed by atoms with Gasteiger partial charge in [0.2, 0.25) is 5.91 Å². The lowest BCUT2D eigenvalue weighted by atomic mass is 10.1. The van der Waals surface area contributed by atoms with E-state index in [-0.39, 0.29) is 29.8 Å². The summed E-state index contributed by atoms with van der Waals surface area (Å²) in [6.45, 7) is 8.21. The van der Waals surface area contributed by atoms with E-state index in [1.54, 1.807) is 48.5 Å². The number of rotatable bonds is 7. The zero-order valence-corrected chi connectivity index (χ0v) is 17.3. The van der Waals surface area contributed by atoms with Gasteiger partial charge in [-0.25, -0.2) is 0 Å². The molecule has 0 bridgehead atoms. The van der Waals surface area contributed by atoms with Crippen molar-refractivity contribution in [1.29, 1.82) is 0 Å². The molecular weight excluding hydrogens is 368 g/mol. The normalized spacial score (nSPS) is 10.8. The van der Waals surface area contributed by atoms with Crippen molar-refractivity contribution in [3.63, 3.8) is 0 Å². The van der Waals surface area contributed by atoms with Crippen LogP contribution in [0.1, 0.15) is 48.4 Å². The van der Waals surface area contributed by atoms with Crippen LogP contribution in [0.3, 0.4) is 0 Å². The fourth-order valence-electron chi connectivity index (χ4n) is 2.54. The Morgan fingerprint density at radius 3 is 2.17 bits per heavy atom. The van der Waals surface area contributed by atoms with Gasteiger partial charge in [-0.2, -0.15) is 0 Å². The molecule has 0 atom stereocenters. The van der Waals surface area contributed by atoms with Crippen molar-refractivity contribution in [1.82, 2.24) is 10.6 Å². The molecule has 4 N–H and O–H groups in total. The summed E-state index contributed by atoms with van der Waals surface area (Å²) in [4.78, 5) is 36.2. The lowest BCUT2D eigenvalue weighted by Gasteiger charge is -2.20. The molecule has 0 aliphatic carbocycles. The lowest BCUT2D eigenvalue weighted by molar-refractivity contribution is -0.114. The third kappa shape index (κ3) is 7.29. The average molecular weight is 396 g/mol. The van der Waals surface area contributed by atoms with Crippen molar-refractivity contribution in [2.24, 2.45) is 0 Å². The van der Waals surface area contributed by atoms with Crippen LogP contribution in [0.25, 0.3) is 0 Å². The summed E-state index contributed by atoms with van der Waals surface area (Å²) in [5, 5.41) is 11.4. The first-order valence-electron chi connectivity index (χ1n) is 9.52. The molecule has 2 rings (SSSR count). The minimum atomic E-state index is -0.340. The van der Waals surface area contributed by atoms with E-state index in [1.165, 1.54) is 0 Å². The molecule has 0 saturated carbocycles. The molecule has 0 radical (unpaired) electrons. The van der Waals surface area contributed by atoms with Gasteiger partial charge < -0.3 is 21.3 Å². The molecule has 0 aliphatic heterocycles. The molecule has 29 heavy (non-hydrogen) atoms. The van der Waals surface area contributed by atoms with Crippen LogP contribution in [0, 0.1) is 0 Å². The zero-order chi connectivity index (χ0) is 21.4. The van der Waals surface area contributed by atoms with Crippen LogP contribution in [0.15, 0.2) is 48.5 Å². The van der Waals surface area contributed by atoms with Crippen molar-refractivity contribution < 1.29 is 14.4 Å². The first kappa shape index (κ1) is 21.9. The van der Waals surface area contributed by atoms with Crippen molar-refractivity contribution >= 4 is 29.1 Å². The highest BCUT2D eigenvalue weighted by Crippen LogP contribution is 2.13. The largest absolute Gasteiger partial charge is 0.376 e. The van der Waals surface area contributed by atoms with E-state index in [9.17, 15) is 14.4 Å². The summed E-state index contributed by atoms with van der Waals surface area (Å²) in [6, 6.07) is 13.7. The summed E-state index contributed by atoms with van der Waals surface area (Å²) < 4.78 is 0. The second kappa shape index (κ2) is 9.73. The van der Waals surface area contributed by atoms with Gasteiger partial charge in [-0.1, -0.05) is 6.07 Å². The Morgan fingerprint density at radius 1 is 0.862 bits per heavy atom. The second-order valence-corrected chi connectivity index (χ2v) is 7.62. The maximum absolute atomic E-state index is 12.3. The minimum absolute atomic E-state index is 0.0545. The van der Waals surface area contributed by atoms with Crippen LogP contribution < -0.4 is 21.3 Å². The minimum Gasteiger partial charge on any atom is -0.376 e. The second-order valence-electron chi connectivity index (χ2n) is 7.62. The maximum atomic E-state index is 12.3. The van der Waals surface area contributed by atoms with E-state index in [0.717, 1.165) is 5.69 Å². The zero-order valence-electron chi connectivity index (χ0n) is 17.3. The number of hydrogen-bond acceptors (Lipinski definition) is 4. The topological polar surface area (TPSA) is 99.3 Å². The van der Waals surface area contributed by atoms with Gasteiger partial charge in [-0.15, -0.1) is 0 Å². The summed E-state index contributed by atoms with van der Waals surface area (Å²) in [5.74, 6) is -0.572. The van der Waals surface area contributed by atoms with Gasteiger partial charge in [0, 0.05) is 34.6 Å². The number of amides is 3. The number of benzene rings is 2. The van der Waals surface area contributed by atoms with Gasteiger partial charge in [0.05, 0.1) is 6.54 Å². The molecule has 0 fully saturated rings. The van der Waals surface area contributed by atoms with E-state index in [1.807, 2.05) is 27.7 Å². The lowest BCUT2D eigenvalue weighted by Crippen LogP contribution is -2.40. The molecule has 0 saturated heterocycles. The Kier molecular flexibility index (Phi) is 7.36. The van der Waals surface area contributed by atoms with Gasteiger partial charge in [-0.05, 0) is 70.2 Å². The number of hydrogen-bond donors (Lipinski definition) is 4. The van der Waals surface area contributed by atoms with Gasteiger partial charge in [0.15, 0.2) is 0 Å². The van der Waals surface area contributed by atoms with Crippen LogP contribution in [-0.2, 0) is 4.79 Å². The molecule has 3 amide bonds. The molecule has 0 unspecified atom stereocenters. The fourth-order valence-corrected chi connectivity index (χ4v) is 2.54. The van der Waals surface area contributed by atoms with E-state index in [0.29, 0.717) is 23.4 Å². The summed E-state index contributed by atoms with van der Waals surface area (Å²) in [6.07, 6.45) is 0. The molecule has 0 aromatic heterocycles. The Morgan fingerprint density at radius 2 is 1.55 bits per heavy atom. The van der Waals surface area contributed by atoms with E-state index in [2.05, 4.69) is 21.3 Å². The predicted octanol–water partition coefficient (Wildman–Crippen LogP) is 3.02. The van der Waals surface area contributed by atoms with Crippen molar-refractivity contribution in [2.45, 2.75) is 33.2 Å². The van der Waals surface area contributed by atoms with Crippen molar-refractivity contribution in [2.75, 3.05) is 23.7 Å². The molecule has 0 heterocycles. The molecular formula is C22H28N4O3. The Bertz CT molecular complexity index is 870. The number of carbonyl (C=O) groups is 3. The van der Waals surface area contributed by atoms with E-state index in [4.69, 9.17) is 0 Å². The Labute approximate surface area is 171 Å². The Balaban J connectivity index is 1.90. The first-order chi connectivity index (χ1) is 13.7. The number of carbonyl (C=O) groups excluding carboxylic acids is 3. The first-order valence-corrected chi connectivity index (χ1v) is 9.52. The molecule has 2 aromatic carbocycles. The summed E-state index contributed by atoms with van der Waals surface area (Å²) in [7, 11) is 0. The molecule has 154 valence electrons. The predicted molar refractivity (Wildman–Crippen MR) is 115 cm³/mol. The highest BCUT2D eigenvalue weighted by Gasteiger charge is 2.15. The van der Waals surface area contributed by atoms with Gasteiger partial charge in [0.25, 0.3) is 11.8 Å². The highest BCUT2D eigenvalue weighted by atomic mass is 16.2. The quantitative estimate of drug-likeness (QED) is 0.578. The fraction of sp³-hybridized carbons (Fsp3) is 0.318. The third-order valence-electron chi connectivity index (χ3n) is 3.83. The highest BCUT2D eigenvalue weighted by molar-refractivity contribution is 5.98. The molecule has 2 aromatic rings. The molecule has 7 heteroatoms. The summed E-state index contributed by atoms with van der Waals surface area (Å²) in [5.41, 5.74) is 1.97. The molecule has 0 aliphatic rings. The summed E-state index contributed by atoms with van der Waals surface area (Å²) >= 11 is 0. The number of anilines is 2. The van der Waals surface area contributed by atoms with E-state index >= 15 is 0 Å². The van der Waals surface area contributed by atoms with Gasteiger partial charge in [-0.3, -0.25) is 14.4 Å². The molecule has 0 spiro atoms. The smallest absolute Gasteiger partial charge is 0.251 e. The van der Waals surface area contributed by atoms with Crippen LogP contribution in [-0.4, -0.2) is 36.3 Å². The SMILES string of the molecule is CCNC(=O)c1ccc(NCC(=O)Nc2cccc(C(=O)NC(C)(C)C)c2)cc1. The maximum Gasteiger partial charge on any atom is 0.251 e. The van der Waals surface area contributed by atoms with Crippen LogP contribution >= 0.6 is 0 Å². The Hall–Kier alpha value is -3.35. The van der Waals surface area contributed by atoms with Crippen LogP contribution in [0.4, 0.5) is 11.4 Å². The van der Waals surface area contributed by atoms with Crippen LogP contribution in [0.5, 0.6) is 0 Å². The van der Waals surface area contributed by atoms with Crippen molar-refractivity contribution in [3.05, 3.63) is 59.7 Å². The van der Waals surface area contributed by atoms with Crippen LogP contribution in [0.2, 0.25) is 0 Å². The number of nitrogens with one attached hydrogen (secondary N) is 4. The van der Waals surface area contributed by atoms with Crippen molar-refractivity contribution in [3.8, 4) is 0 Å². The average Bonchev–Trinajstić information content (AvgIpc) is 2.66.